The van der Waals surface area contributed by atoms with E-state index >= 15 is 0 Å². The lowest BCUT2D eigenvalue weighted by Gasteiger charge is -2.38. The van der Waals surface area contributed by atoms with Crippen LogP contribution in [0.1, 0.15) is 12.8 Å². The van der Waals surface area contributed by atoms with Crippen LogP contribution in [-0.2, 0) is 0 Å². The summed E-state index contributed by atoms with van der Waals surface area (Å²) in [7, 11) is 0. The van der Waals surface area contributed by atoms with E-state index in [-0.39, 0.29) is 23.8 Å². The zero-order valence-electron chi connectivity index (χ0n) is 21.7. The van der Waals surface area contributed by atoms with E-state index in [1.165, 1.54) is 0 Å². The standard InChI is InChI=1S/C26H34N12O2/c27-23(28)35-13-5-7-14(8-6-13)39-21-12-22(19(38-26(33)34)11-18(21)37-25(31)32)40-20-10-9-17(36-24(29)30)15-3-1-2-4-16(15)20/h1-10,18-19,21-22H,11-12H2,(H4,27,28,35)(H4,29,30,36)(H4,31,32,37)(H4,33,34,38)/t18-,19+,21-,22+/m0/s1. The van der Waals surface area contributed by atoms with Crippen LogP contribution in [0, 0.1) is 0 Å². The fourth-order valence-corrected chi connectivity index (χ4v) is 4.68. The summed E-state index contributed by atoms with van der Waals surface area (Å²) in [5.41, 5.74) is 46.4. The topological polar surface area (TPSA) is 276 Å². The maximum Gasteiger partial charge on any atom is 0.191 e. The first-order chi connectivity index (χ1) is 19.1. The van der Waals surface area contributed by atoms with Gasteiger partial charge in [0, 0.05) is 17.2 Å². The van der Waals surface area contributed by atoms with Crippen LogP contribution in [0.3, 0.4) is 0 Å². The predicted molar refractivity (Wildman–Crippen MR) is 159 cm³/mol. The van der Waals surface area contributed by atoms with Gasteiger partial charge in [0.15, 0.2) is 23.8 Å². The molecule has 1 fully saturated rings. The molecule has 0 amide bonds. The van der Waals surface area contributed by atoms with E-state index in [1.807, 2.05) is 24.3 Å². The lowest BCUT2D eigenvalue weighted by Crippen LogP contribution is -2.50. The van der Waals surface area contributed by atoms with Gasteiger partial charge in [-0.25, -0.2) is 20.0 Å². The van der Waals surface area contributed by atoms with Crippen molar-refractivity contribution in [3.8, 4) is 11.5 Å². The molecule has 4 rings (SSSR count). The van der Waals surface area contributed by atoms with Gasteiger partial charge in [-0.3, -0.25) is 0 Å². The molecule has 4 atom stereocenters. The van der Waals surface area contributed by atoms with Crippen molar-refractivity contribution in [2.24, 2.45) is 65.8 Å². The van der Waals surface area contributed by atoms with Crippen molar-refractivity contribution < 1.29 is 9.47 Å². The lowest BCUT2D eigenvalue weighted by atomic mass is 9.86. The molecule has 0 aliphatic heterocycles. The Kier molecular flexibility index (Phi) is 8.27. The van der Waals surface area contributed by atoms with Crippen LogP contribution >= 0.6 is 0 Å². The molecule has 0 saturated heterocycles. The van der Waals surface area contributed by atoms with Gasteiger partial charge in [-0.05, 0) is 42.8 Å². The maximum atomic E-state index is 6.56. The number of nitrogens with two attached hydrogens (primary N) is 8. The minimum atomic E-state index is -0.490. The van der Waals surface area contributed by atoms with E-state index in [4.69, 9.17) is 55.3 Å². The molecule has 0 spiro atoms. The van der Waals surface area contributed by atoms with Crippen molar-refractivity contribution in [3.63, 3.8) is 0 Å². The van der Waals surface area contributed by atoms with E-state index in [9.17, 15) is 0 Å². The van der Waals surface area contributed by atoms with Crippen molar-refractivity contribution in [1.82, 2.24) is 0 Å². The summed E-state index contributed by atoms with van der Waals surface area (Å²) in [5, 5.41) is 1.63. The zero-order valence-corrected chi connectivity index (χ0v) is 21.7. The summed E-state index contributed by atoms with van der Waals surface area (Å²) < 4.78 is 12.9. The van der Waals surface area contributed by atoms with Gasteiger partial charge in [0.05, 0.1) is 23.5 Å². The SMILES string of the molecule is NC(N)=Nc1ccc(O[C@H]2C[C@@H](Oc3ccc(N=C(N)N)c4ccccc34)[C@H](N=C(N)N)C[C@@H]2N=C(N)N)cc1. The Balaban J connectivity index is 1.68. The van der Waals surface area contributed by atoms with Crippen LogP contribution < -0.4 is 55.3 Å². The first kappa shape index (κ1) is 27.6. The monoisotopic (exact) mass is 546 g/mol. The van der Waals surface area contributed by atoms with Gasteiger partial charge >= 0.3 is 0 Å². The highest BCUT2D eigenvalue weighted by molar-refractivity contribution is 5.98. The highest BCUT2D eigenvalue weighted by Gasteiger charge is 2.40. The molecular weight excluding hydrogens is 512 g/mol. The molecule has 0 bridgehead atoms. The summed E-state index contributed by atoms with van der Waals surface area (Å²) >= 11 is 0. The Hall–Kier alpha value is -5.40. The highest BCUT2D eigenvalue weighted by Crippen LogP contribution is 2.37. The van der Waals surface area contributed by atoms with Gasteiger partial charge in [0.1, 0.15) is 23.7 Å². The second kappa shape index (κ2) is 12.0. The molecule has 14 nitrogen and oxygen atoms in total. The smallest absolute Gasteiger partial charge is 0.191 e. The third-order valence-corrected chi connectivity index (χ3v) is 6.21. The van der Waals surface area contributed by atoms with Gasteiger partial charge in [-0.2, -0.15) is 0 Å². The van der Waals surface area contributed by atoms with Crippen LogP contribution in [0.2, 0.25) is 0 Å². The molecule has 40 heavy (non-hydrogen) atoms. The second-order valence-corrected chi connectivity index (χ2v) is 9.22. The molecule has 3 aromatic rings. The Labute approximate surface area is 230 Å². The van der Waals surface area contributed by atoms with E-state index in [1.54, 1.807) is 36.4 Å². The molecule has 0 radical (unpaired) electrons. The fourth-order valence-electron chi connectivity index (χ4n) is 4.68. The van der Waals surface area contributed by atoms with Gasteiger partial charge in [-0.15, -0.1) is 0 Å². The van der Waals surface area contributed by atoms with Crippen LogP contribution in [-0.4, -0.2) is 48.1 Å². The minimum Gasteiger partial charge on any atom is -0.488 e. The van der Waals surface area contributed by atoms with Gasteiger partial charge in [0.25, 0.3) is 0 Å². The molecule has 1 aliphatic rings. The van der Waals surface area contributed by atoms with Crippen molar-refractivity contribution >= 4 is 46.0 Å². The number of fused-ring (bicyclic) bond motifs is 1. The van der Waals surface area contributed by atoms with E-state index in [0.29, 0.717) is 35.7 Å². The summed E-state index contributed by atoms with van der Waals surface area (Å²) in [6.07, 6.45) is -0.238. The average Bonchev–Trinajstić information content (AvgIpc) is 2.87. The molecule has 0 aromatic heterocycles. The molecule has 16 N–H and O–H groups in total. The highest BCUT2D eigenvalue weighted by atomic mass is 16.5. The van der Waals surface area contributed by atoms with Gasteiger partial charge in [-0.1, -0.05) is 24.3 Å². The van der Waals surface area contributed by atoms with E-state index in [2.05, 4.69) is 20.0 Å². The molecule has 0 unspecified atom stereocenters. The Morgan fingerprint density at radius 3 is 1.73 bits per heavy atom. The number of guanidine groups is 4. The number of hydrogen-bond acceptors (Lipinski definition) is 6. The number of ether oxygens (including phenoxy) is 2. The first-order valence-electron chi connectivity index (χ1n) is 12.4. The maximum absolute atomic E-state index is 6.56. The Morgan fingerprint density at radius 2 is 1.15 bits per heavy atom. The average molecular weight is 547 g/mol. The number of benzene rings is 3. The molecular formula is C26H34N12O2. The van der Waals surface area contributed by atoms with Crippen LogP contribution in [0.5, 0.6) is 11.5 Å². The normalized spacial score (nSPS) is 20.1. The van der Waals surface area contributed by atoms with E-state index < -0.39 is 24.3 Å². The molecule has 0 heterocycles. The van der Waals surface area contributed by atoms with Crippen molar-refractivity contribution in [2.75, 3.05) is 0 Å². The molecule has 210 valence electrons. The summed E-state index contributed by atoms with van der Waals surface area (Å²) in [6.45, 7) is 0. The van der Waals surface area contributed by atoms with Crippen LogP contribution in [0.25, 0.3) is 10.8 Å². The zero-order chi connectivity index (χ0) is 28.8. The molecule has 1 aliphatic carbocycles. The molecule has 14 heteroatoms. The summed E-state index contributed by atoms with van der Waals surface area (Å²) in [6, 6.07) is 17.3. The third-order valence-electron chi connectivity index (χ3n) is 6.21. The minimum absolute atomic E-state index is 0.0432. The van der Waals surface area contributed by atoms with E-state index in [0.717, 1.165) is 10.8 Å². The quantitative estimate of drug-likeness (QED) is 0.137. The number of hydrogen-bond donors (Lipinski definition) is 8. The number of nitrogens with zero attached hydrogens (tertiary/aromatic N) is 4. The largest absolute Gasteiger partial charge is 0.488 e. The Morgan fingerprint density at radius 1 is 0.575 bits per heavy atom. The summed E-state index contributed by atoms with van der Waals surface area (Å²) in [5.74, 6) is 0.929. The van der Waals surface area contributed by atoms with Crippen molar-refractivity contribution in [3.05, 3.63) is 60.7 Å². The summed E-state index contributed by atoms with van der Waals surface area (Å²) in [4.78, 5) is 17.1. The second-order valence-electron chi connectivity index (χ2n) is 9.22. The van der Waals surface area contributed by atoms with Crippen molar-refractivity contribution in [2.45, 2.75) is 37.1 Å². The Bertz CT molecular complexity index is 1450. The van der Waals surface area contributed by atoms with Crippen LogP contribution in [0.4, 0.5) is 11.4 Å². The number of rotatable bonds is 8. The third kappa shape index (κ3) is 6.92. The molecule has 3 aromatic carbocycles. The predicted octanol–water partition coefficient (Wildman–Crippen LogP) is -0.0776. The number of aliphatic imine (C=N–C) groups is 4. The van der Waals surface area contributed by atoms with Crippen molar-refractivity contribution in [1.29, 1.82) is 0 Å². The fraction of sp³-hybridized carbons (Fsp3) is 0.231. The lowest BCUT2D eigenvalue weighted by molar-refractivity contribution is 0.0424. The van der Waals surface area contributed by atoms with Gasteiger partial charge < -0.3 is 55.3 Å². The van der Waals surface area contributed by atoms with Crippen LogP contribution in [0.15, 0.2) is 80.6 Å². The molecule has 1 saturated carbocycles. The van der Waals surface area contributed by atoms with Gasteiger partial charge in [0.2, 0.25) is 0 Å². The first-order valence-corrected chi connectivity index (χ1v) is 12.4.